The van der Waals surface area contributed by atoms with Gasteiger partial charge in [0.25, 0.3) is 0 Å². The number of nitrogens with one attached hydrogen (secondary N) is 1. The summed E-state index contributed by atoms with van der Waals surface area (Å²) >= 11 is 0. The average Bonchev–Trinajstić information content (AvgIpc) is 2.70. The highest BCUT2D eigenvalue weighted by molar-refractivity contribution is 5.87. The Morgan fingerprint density at radius 1 is 1.59 bits per heavy atom. The van der Waals surface area contributed by atoms with E-state index < -0.39 is 0 Å². The molecule has 0 aromatic carbocycles. The van der Waals surface area contributed by atoms with Crippen LogP contribution in [0.3, 0.4) is 0 Å². The summed E-state index contributed by atoms with van der Waals surface area (Å²) in [5, 5.41) is 3.84. The summed E-state index contributed by atoms with van der Waals surface area (Å²) in [7, 11) is 1.88. The molecule has 5 nitrogen and oxygen atoms in total. The fraction of sp³-hybridized carbons (Fsp3) is 0.333. The van der Waals surface area contributed by atoms with E-state index in [4.69, 9.17) is 9.15 Å². The summed E-state index contributed by atoms with van der Waals surface area (Å²) in [6, 6.07) is 1.67. The van der Waals surface area contributed by atoms with Gasteiger partial charge in [-0.2, -0.15) is 0 Å². The van der Waals surface area contributed by atoms with E-state index in [0.29, 0.717) is 11.5 Å². The molecular formula is C12H14N2O3. The van der Waals surface area contributed by atoms with Crippen molar-refractivity contribution in [3.8, 4) is 5.75 Å². The number of nitrogens with zero attached hydrogens (tertiary/aromatic N) is 1. The van der Waals surface area contributed by atoms with Gasteiger partial charge in [-0.3, -0.25) is 4.79 Å². The number of esters is 1. The number of fused-ring (bicyclic) bond motifs is 1. The Labute approximate surface area is 98.8 Å². The lowest BCUT2D eigenvalue weighted by Gasteiger charge is -2.03. The van der Waals surface area contributed by atoms with Crippen molar-refractivity contribution in [2.45, 2.75) is 13.3 Å². The van der Waals surface area contributed by atoms with Crippen LogP contribution in [0.4, 0.5) is 0 Å². The van der Waals surface area contributed by atoms with E-state index in [-0.39, 0.29) is 5.97 Å². The molecule has 0 aliphatic heterocycles. The van der Waals surface area contributed by atoms with E-state index in [2.05, 4.69) is 10.3 Å². The molecule has 90 valence electrons. The maximum atomic E-state index is 11.0. The van der Waals surface area contributed by atoms with Crippen molar-refractivity contribution in [2.75, 3.05) is 13.6 Å². The van der Waals surface area contributed by atoms with Gasteiger partial charge in [-0.15, -0.1) is 0 Å². The SMILES string of the molecule is CNCCc1coc2nccc(OC(C)=O)c12. The van der Waals surface area contributed by atoms with Crippen LogP contribution in [0.5, 0.6) is 5.75 Å². The number of likely N-dealkylation sites (N-methyl/N-ethyl adjacent to an activating group) is 1. The van der Waals surface area contributed by atoms with Crippen LogP contribution < -0.4 is 10.1 Å². The van der Waals surface area contributed by atoms with Gasteiger partial charge in [0.05, 0.1) is 11.6 Å². The quantitative estimate of drug-likeness (QED) is 0.812. The second-order valence-electron chi connectivity index (χ2n) is 3.70. The molecule has 17 heavy (non-hydrogen) atoms. The lowest BCUT2D eigenvalue weighted by molar-refractivity contribution is -0.131. The van der Waals surface area contributed by atoms with Crippen molar-refractivity contribution < 1.29 is 13.9 Å². The van der Waals surface area contributed by atoms with Gasteiger partial charge in [0.1, 0.15) is 5.75 Å². The number of pyridine rings is 1. The van der Waals surface area contributed by atoms with E-state index in [1.54, 1.807) is 18.5 Å². The van der Waals surface area contributed by atoms with Gasteiger partial charge < -0.3 is 14.5 Å². The lowest BCUT2D eigenvalue weighted by atomic mass is 10.1. The van der Waals surface area contributed by atoms with Crippen LogP contribution >= 0.6 is 0 Å². The second kappa shape index (κ2) is 4.97. The third kappa shape index (κ3) is 2.45. The zero-order chi connectivity index (χ0) is 12.3. The molecule has 0 amide bonds. The topological polar surface area (TPSA) is 64.4 Å². The first-order chi connectivity index (χ1) is 8.22. The van der Waals surface area contributed by atoms with Gasteiger partial charge in [-0.05, 0) is 20.0 Å². The fourth-order valence-corrected chi connectivity index (χ4v) is 1.68. The maximum Gasteiger partial charge on any atom is 0.308 e. The molecule has 0 radical (unpaired) electrons. The molecule has 0 atom stereocenters. The van der Waals surface area contributed by atoms with E-state index in [1.165, 1.54) is 6.92 Å². The van der Waals surface area contributed by atoms with Crippen LogP contribution in [0.1, 0.15) is 12.5 Å². The van der Waals surface area contributed by atoms with E-state index in [0.717, 1.165) is 23.9 Å². The predicted octanol–water partition coefficient (Wildman–Crippen LogP) is 1.51. The zero-order valence-electron chi connectivity index (χ0n) is 9.82. The van der Waals surface area contributed by atoms with Crippen molar-refractivity contribution in [1.82, 2.24) is 10.3 Å². The summed E-state index contributed by atoms with van der Waals surface area (Å²) in [5.74, 6) is 0.153. The Morgan fingerprint density at radius 2 is 2.41 bits per heavy atom. The fourth-order valence-electron chi connectivity index (χ4n) is 1.68. The van der Waals surface area contributed by atoms with Crippen LogP contribution in [0.2, 0.25) is 0 Å². The number of aromatic nitrogens is 1. The van der Waals surface area contributed by atoms with E-state index in [1.807, 2.05) is 7.05 Å². The first-order valence-electron chi connectivity index (χ1n) is 5.40. The van der Waals surface area contributed by atoms with Crippen molar-refractivity contribution in [3.05, 3.63) is 24.1 Å². The second-order valence-corrected chi connectivity index (χ2v) is 3.70. The molecule has 1 N–H and O–H groups in total. The van der Waals surface area contributed by atoms with Gasteiger partial charge in [0, 0.05) is 24.8 Å². The molecular weight excluding hydrogens is 220 g/mol. The predicted molar refractivity (Wildman–Crippen MR) is 62.9 cm³/mol. The zero-order valence-corrected chi connectivity index (χ0v) is 9.82. The Balaban J connectivity index is 2.43. The minimum absolute atomic E-state index is 0.349. The first-order valence-corrected chi connectivity index (χ1v) is 5.40. The number of hydrogen-bond donors (Lipinski definition) is 1. The van der Waals surface area contributed by atoms with Gasteiger partial charge >= 0.3 is 5.97 Å². The Morgan fingerprint density at radius 3 is 3.12 bits per heavy atom. The Kier molecular flexibility index (Phi) is 3.39. The molecule has 2 aromatic rings. The van der Waals surface area contributed by atoms with Crippen LogP contribution in [-0.2, 0) is 11.2 Å². The van der Waals surface area contributed by atoms with E-state index in [9.17, 15) is 4.79 Å². The minimum atomic E-state index is -0.349. The molecule has 2 aromatic heterocycles. The number of carbonyl (C=O) groups excluding carboxylic acids is 1. The molecule has 2 rings (SSSR count). The number of furan rings is 1. The Hall–Kier alpha value is -1.88. The molecule has 0 saturated carbocycles. The maximum absolute atomic E-state index is 11.0. The summed E-state index contributed by atoms with van der Waals surface area (Å²) in [5.41, 5.74) is 1.48. The van der Waals surface area contributed by atoms with Crippen LogP contribution in [-0.4, -0.2) is 24.5 Å². The molecule has 0 aliphatic rings. The van der Waals surface area contributed by atoms with Gasteiger partial charge in [-0.1, -0.05) is 0 Å². The number of hydrogen-bond acceptors (Lipinski definition) is 5. The normalized spacial score (nSPS) is 10.7. The van der Waals surface area contributed by atoms with Crippen molar-refractivity contribution >= 4 is 17.1 Å². The molecule has 0 spiro atoms. The molecule has 2 heterocycles. The van der Waals surface area contributed by atoms with Crippen molar-refractivity contribution in [1.29, 1.82) is 0 Å². The van der Waals surface area contributed by atoms with Gasteiger partial charge in [0.2, 0.25) is 5.71 Å². The summed E-state index contributed by atoms with van der Waals surface area (Å²) in [6.07, 6.45) is 4.01. The summed E-state index contributed by atoms with van der Waals surface area (Å²) in [6.45, 7) is 2.20. The first kappa shape index (κ1) is 11.6. The van der Waals surface area contributed by atoms with Crippen LogP contribution in [0.15, 0.2) is 22.9 Å². The number of rotatable bonds is 4. The monoisotopic (exact) mass is 234 g/mol. The number of carbonyl (C=O) groups is 1. The average molecular weight is 234 g/mol. The largest absolute Gasteiger partial charge is 0.446 e. The molecule has 0 aliphatic carbocycles. The molecule has 0 bridgehead atoms. The Bertz CT molecular complexity index is 534. The highest BCUT2D eigenvalue weighted by Crippen LogP contribution is 2.29. The van der Waals surface area contributed by atoms with Crippen LogP contribution in [0.25, 0.3) is 11.1 Å². The smallest absolute Gasteiger partial charge is 0.308 e. The summed E-state index contributed by atoms with van der Waals surface area (Å²) in [4.78, 5) is 15.1. The van der Waals surface area contributed by atoms with E-state index >= 15 is 0 Å². The molecule has 0 saturated heterocycles. The molecule has 0 fully saturated rings. The highest BCUT2D eigenvalue weighted by atomic mass is 16.5. The lowest BCUT2D eigenvalue weighted by Crippen LogP contribution is -2.10. The summed E-state index contributed by atoms with van der Waals surface area (Å²) < 4.78 is 10.5. The highest BCUT2D eigenvalue weighted by Gasteiger charge is 2.13. The van der Waals surface area contributed by atoms with Gasteiger partial charge in [-0.25, -0.2) is 4.98 Å². The third-order valence-electron chi connectivity index (χ3n) is 2.41. The molecule has 5 heteroatoms. The molecule has 0 unspecified atom stereocenters. The van der Waals surface area contributed by atoms with Crippen molar-refractivity contribution in [3.63, 3.8) is 0 Å². The van der Waals surface area contributed by atoms with Gasteiger partial charge in [0.15, 0.2) is 0 Å². The number of ether oxygens (including phenoxy) is 1. The third-order valence-corrected chi connectivity index (χ3v) is 2.41. The standard InChI is InChI=1S/C12H14N2O3/c1-8(15)17-10-4-6-14-12-11(10)9(7-16-12)3-5-13-2/h4,6-7,13H,3,5H2,1-2H3. The minimum Gasteiger partial charge on any atom is -0.446 e. The van der Waals surface area contributed by atoms with Crippen LogP contribution in [0, 0.1) is 0 Å². The van der Waals surface area contributed by atoms with Crippen molar-refractivity contribution in [2.24, 2.45) is 0 Å².